The molecule has 1 aromatic carbocycles. The maximum absolute atomic E-state index is 12.8. The molecule has 0 bridgehead atoms. The number of nitrogens with zero attached hydrogens (tertiary/aromatic N) is 3. The quantitative estimate of drug-likeness (QED) is 0.843. The van der Waals surface area contributed by atoms with E-state index < -0.39 is 0 Å². The van der Waals surface area contributed by atoms with E-state index in [0.29, 0.717) is 12.2 Å². The van der Waals surface area contributed by atoms with Crippen LogP contribution in [0, 0.1) is 0 Å². The minimum absolute atomic E-state index is 0.0832. The number of hydrogen-bond donors (Lipinski definition) is 0. The molecule has 128 valence electrons. The number of benzene rings is 1. The molecular formula is C18H23N3O3. The maximum atomic E-state index is 12.8. The Bertz CT molecular complexity index is 670. The molecule has 1 aliphatic rings. The van der Waals surface area contributed by atoms with Crippen LogP contribution in [0.2, 0.25) is 0 Å². The molecule has 0 N–H and O–H groups in total. The van der Waals surface area contributed by atoms with Crippen molar-refractivity contribution in [2.75, 3.05) is 6.54 Å². The zero-order chi connectivity index (χ0) is 16.9. The number of carbonyl (C=O) groups is 1. The van der Waals surface area contributed by atoms with Gasteiger partial charge in [0.05, 0.1) is 18.6 Å². The van der Waals surface area contributed by atoms with Crippen LogP contribution in [0.5, 0.6) is 5.75 Å². The molecule has 3 rings (SSSR count). The lowest BCUT2D eigenvalue weighted by Crippen LogP contribution is -2.39. The van der Waals surface area contributed by atoms with Crippen LogP contribution >= 0.6 is 0 Å². The minimum atomic E-state index is -0.0832. The van der Waals surface area contributed by atoms with Gasteiger partial charge in [-0.15, -0.1) is 0 Å². The fraction of sp³-hybridized carbons (Fsp3) is 0.500. The first-order valence-electron chi connectivity index (χ1n) is 8.45. The van der Waals surface area contributed by atoms with Crippen molar-refractivity contribution in [2.24, 2.45) is 0 Å². The third kappa shape index (κ3) is 3.93. The summed E-state index contributed by atoms with van der Waals surface area (Å²) < 4.78 is 10.6. The highest BCUT2D eigenvalue weighted by Crippen LogP contribution is 2.29. The summed E-state index contributed by atoms with van der Waals surface area (Å²) in [6.07, 6.45) is 4.74. The van der Waals surface area contributed by atoms with Gasteiger partial charge in [0.2, 0.25) is 12.3 Å². The Kier molecular flexibility index (Phi) is 5.13. The Hall–Kier alpha value is -2.37. The largest absolute Gasteiger partial charge is 0.491 e. The predicted molar refractivity (Wildman–Crippen MR) is 88.5 cm³/mol. The molecule has 24 heavy (non-hydrogen) atoms. The van der Waals surface area contributed by atoms with E-state index in [-0.39, 0.29) is 18.1 Å². The molecule has 0 saturated carbocycles. The van der Waals surface area contributed by atoms with Crippen molar-refractivity contribution in [1.29, 1.82) is 0 Å². The number of aromatic nitrogens is 2. The monoisotopic (exact) mass is 329 g/mol. The van der Waals surface area contributed by atoms with Crippen molar-refractivity contribution >= 4 is 5.91 Å². The number of hydrogen-bond acceptors (Lipinski definition) is 5. The lowest BCUT2D eigenvalue weighted by Gasteiger charge is -2.34. The zero-order valence-corrected chi connectivity index (χ0v) is 14.1. The second kappa shape index (κ2) is 7.47. The molecule has 2 aromatic rings. The van der Waals surface area contributed by atoms with Gasteiger partial charge < -0.3 is 14.2 Å². The van der Waals surface area contributed by atoms with Crippen LogP contribution in [-0.4, -0.2) is 33.6 Å². The smallest absolute Gasteiger partial charge is 0.227 e. The van der Waals surface area contributed by atoms with Gasteiger partial charge in [0.25, 0.3) is 0 Å². The number of amides is 1. The Balaban J connectivity index is 1.71. The van der Waals surface area contributed by atoms with Crippen molar-refractivity contribution in [2.45, 2.75) is 51.7 Å². The van der Waals surface area contributed by atoms with E-state index in [0.717, 1.165) is 37.1 Å². The Morgan fingerprint density at radius 1 is 1.42 bits per heavy atom. The number of piperidine rings is 1. The maximum Gasteiger partial charge on any atom is 0.227 e. The average Bonchev–Trinajstić information content (AvgIpc) is 3.09. The minimum Gasteiger partial charge on any atom is -0.491 e. The van der Waals surface area contributed by atoms with Crippen LogP contribution < -0.4 is 4.74 Å². The molecule has 6 heteroatoms. The summed E-state index contributed by atoms with van der Waals surface area (Å²) in [5.74, 6) is 1.48. The fourth-order valence-corrected chi connectivity index (χ4v) is 3.10. The van der Waals surface area contributed by atoms with Crippen LogP contribution in [0.1, 0.15) is 50.5 Å². The van der Waals surface area contributed by atoms with Gasteiger partial charge >= 0.3 is 0 Å². The summed E-state index contributed by atoms with van der Waals surface area (Å²) >= 11 is 0. The fourth-order valence-electron chi connectivity index (χ4n) is 3.10. The van der Waals surface area contributed by atoms with Crippen molar-refractivity contribution in [1.82, 2.24) is 15.0 Å². The van der Waals surface area contributed by atoms with E-state index in [4.69, 9.17) is 9.26 Å². The summed E-state index contributed by atoms with van der Waals surface area (Å²) in [6, 6.07) is 7.65. The highest BCUT2D eigenvalue weighted by molar-refractivity contribution is 5.79. The van der Waals surface area contributed by atoms with Gasteiger partial charge in [0, 0.05) is 6.54 Å². The molecule has 0 aliphatic carbocycles. The third-order valence-corrected chi connectivity index (χ3v) is 4.13. The summed E-state index contributed by atoms with van der Waals surface area (Å²) in [4.78, 5) is 18.8. The molecule has 2 heterocycles. The Morgan fingerprint density at radius 2 is 2.29 bits per heavy atom. The van der Waals surface area contributed by atoms with E-state index in [9.17, 15) is 4.79 Å². The molecule has 1 saturated heterocycles. The van der Waals surface area contributed by atoms with E-state index in [1.54, 1.807) is 0 Å². The Morgan fingerprint density at radius 3 is 3.04 bits per heavy atom. The van der Waals surface area contributed by atoms with Gasteiger partial charge in [-0.05, 0) is 50.8 Å². The summed E-state index contributed by atoms with van der Waals surface area (Å²) in [5.41, 5.74) is 0.954. The molecule has 1 atom stereocenters. The van der Waals surface area contributed by atoms with Crippen molar-refractivity contribution in [3.63, 3.8) is 0 Å². The van der Waals surface area contributed by atoms with E-state index in [2.05, 4.69) is 10.1 Å². The molecule has 1 fully saturated rings. The molecule has 1 unspecified atom stereocenters. The molecular weight excluding hydrogens is 306 g/mol. The predicted octanol–water partition coefficient (Wildman–Crippen LogP) is 3.15. The number of likely N-dealkylation sites (tertiary alicyclic amines) is 1. The first-order chi connectivity index (χ1) is 11.6. The van der Waals surface area contributed by atoms with Gasteiger partial charge in [0.1, 0.15) is 5.75 Å². The number of ether oxygens (including phenoxy) is 1. The summed E-state index contributed by atoms with van der Waals surface area (Å²) in [6.45, 7) is 4.71. The van der Waals surface area contributed by atoms with E-state index >= 15 is 0 Å². The molecule has 1 aliphatic heterocycles. The van der Waals surface area contributed by atoms with Gasteiger partial charge in [-0.3, -0.25) is 4.79 Å². The standard InChI is InChI=1S/C18H23N3O3/c1-13(2)24-15-7-5-6-14(10-15)11-17(22)21-9-4-3-8-16(21)18-19-12-23-20-18/h5-7,10,12-13,16H,3-4,8-9,11H2,1-2H3. The second-order valence-corrected chi connectivity index (χ2v) is 6.38. The Labute approximate surface area is 141 Å². The lowest BCUT2D eigenvalue weighted by molar-refractivity contribution is -0.134. The van der Waals surface area contributed by atoms with Crippen LogP contribution in [0.4, 0.5) is 0 Å². The van der Waals surface area contributed by atoms with E-state index in [1.807, 2.05) is 43.0 Å². The topological polar surface area (TPSA) is 68.5 Å². The van der Waals surface area contributed by atoms with Gasteiger partial charge in [-0.25, -0.2) is 0 Å². The van der Waals surface area contributed by atoms with Crippen molar-refractivity contribution in [3.8, 4) is 5.75 Å². The van der Waals surface area contributed by atoms with Gasteiger partial charge in [-0.1, -0.05) is 17.3 Å². The van der Waals surface area contributed by atoms with Crippen LogP contribution in [0.15, 0.2) is 35.2 Å². The number of carbonyl (C=O) groups excluding carboxylic acids is 1. The highest BCUT2D eigenvalue weighted by Gasteiger charge is 2.30. The van der Waals surface area contributed by atoms with Gasteiger partial charge in [0.15, 0.2) is 5.82 Å². The SMILES string of the molecule is CC(C)Oc1cccc(CC(=O)N2CCCCC2c2ncon2)c1. The molecule has 1 amide bonds. The first-order valence-corrected chi connectivity index (χ1v) is 8.45. The molecule has 6 nitrogen and oxygen atoms in total. The zero-order valence-electron chi connectivity index (χ0n) is 14.1. The molecule has 0 radical (unpaired) electrons. The number of rotatable bonds is 5. The summed E-state index contributed by atoms with van der Waals surface area (Å²) in [5, 5.41) is 3.93. The van der Waals surface area contributed by atoms with Crippen molar-refractivity contribution in [3.05, 3.63) is 42.0 Å². The highest BCUT2D eigenvalue weighted by atomic mass is 16.5. The van der Waals surface area contributed by atoms with Crippen LogP contribution in [0.3, 0.4) is 0 Å². The second-order valence-electron chi connectivity index (χ2n) is 6.38. The lowest BCUT2D eigenvalue weighted by atomic mass is 10.00. The van der Waals surface area contributed by atoms with Gasteiger partial charge in [-0.2, -0.15) is 4.98 Å². The average molecular weight is 329 g/mol. The molecule has 0 spiro atoms. The van der Waals surface area contributed by atoms with Crippen molar-refractivity contribution < 1.29 is 14.1 Å². The van der Waals surface area contributed by atoms with E-state index in [1.165, 1.54) is 6.39 Å². The van der Waals surface area contributed by atoms with Crippen LogP contribution in [0.25, 0.3) is 0 Å². The summed E-state index contributed by atoms with van der Waals surface area (Å²) in [7, 11) is 0. The first kappa shape index (κ1) is 16.5. The molecule has 1 aromatic heterocycles. The third-order valence-electron chi connectivity index (χ3n) is 4.13. The normalized spacial score (nSPS) is 18.0. The van der Waals surface area contributed by atoms with Crippen LogP contribution in [-0.2, 0) is 11.2 Å².